The van der Waals surface area contributed by atoms with Crippen LogP contribution in [0.25, 0.3) is 0 Å². The number of amides is 2. The molecule has 3 aromatic carbocycles. The van der Waals surface area contributed by atoms with Gasteiger partial charge in [-0.3, -0.25) is 9.59 Å². The molecule has 0 aliphatic carbocycles. The maximum Gasteiger partial charge on any atom is 0.283 e. The summed E-state index contributed by atoms with van der Waals surface area (Å²) in [6, 6.07) is 21.9. The zero-order chi connectivity index (χ0) is 22.7. The van der Waals surface area contributed by atoms with E-state index in [9.17, 15) is 9.59 Å². The summed E-state index contributed by atoms with van der Waals surface area (Å²) in [5.74, 6) is -0.0476. The maximum absolute atomic E-state index is 13.4. The van der Waals surface area contributed by atoms with Gasteiger partial charge in [0.2, 0.25) is 0 Å². The average Bonchev–Trinajstić information content (AvgIpc) is 3.00. The monoisotopic (exact) mass is 464 g/mol. The minimum atomic E-state index is -0.410. The van der Waals surface area contributed by atoms with E-state index in [1.807, 2.05) is 68.4 Å². The van der Waals surface area contributed by atoms with E-state index in [1.54, 1.807) is 18.2 Å². The van der Waals surface area contributed by atoms with Gasteiger partial charge in [0.15, 0.2) is 0 Å². The molecule has 3 aromatic rings. The first-order chi connectivity index (χ1) is 15.5. The second-order valence-corrected chi connectivity index (χ2v) is 8.60. The molecule has 0 saturated carbocycles. The van der Waals surface area contributed by atoms with Crippen molar-refractivity contribution in [1.82, 2.24) is 0 Å². The van der Waals surface area contributed by atoms with Crippen LogP contribution in [-0.4, -0.2) is 18.4 Å². The van der Waals surface area contributed by atoms with Gasteiger partial charge in [-0.1, -0.05) is 41.6 Å². The lowest BCUT2D eigenvalue weighted by atomic mass is 10.2. The van der Waals surface area contributed by atoms with Crippen molar-refractivity contribution in [3.8, 4) is 5.75 Å². The van der Waals surface area contributed by atoms with E-state index < -0.39 is 5.91 Å². The standard InChI is InChI=1S/C25H21ClN2O3S/c1-3-31-19-12-10-18(11-13-19)27-22-23(32-20-7-5-4-6-8-20)25(30)28(24(22)29)21-14-9-17(26)15-16(21)2/h4-15,27H,3H2,1-2H3. The molecule has 0 fully saturated rings. The lowest BCUT2D eigenvalue weighted by molar-refractivity contribution is -0.120. The van der Waals surface area contributed by atoms with Crippen LogP contribution in [0, 0.1) is 6.92 Å². The molecule has 5 nitrogen and oxygen atoms in total. The summed E-state index contributed by atoms with van der Waals surface area (Å²) in [5.41, 5.74) is 2.18. The number of hydrogen-bond donors (Lipinski definition) is 1. The topological polar surface area (TPSA) is 58.6 Å². The predicted octanol–water partition coefficient (Wildman–Crippen LogP) is 6.04. The number of rotatable bonds is 7. The number of aryl methyl sites for hydroxylation is 1. The van der Waals surface area contributed by atoms with Crippen LogP contribution in [0.15, 0.2) is 88.3 Å². The van der Waals surface area contributed by atoms with Crippen LogP contribution in [0.1, 0.15) is 12.5 Å². The smallest absolute Gasteiger partial charge is 0.283 e. The third kappa shape index (κ3) is 4.52. The summed E-state index contributed by atoms with van der Waals surface area (Å²) in [6.45, 7) is 4.31. The third-order valence-electron chi connectivity index (χ3n) is 4.84. The molecule has 4 rings (SSSR count). The highest BCUT2D eigenvalue weighted by Gasteiger charge is 2.40. The summed E-state index contributed by atoms with van der Waals surface area (Å²) in [5, 5.41) is 3.70. The van der Waals surface area contributed by atoms with Gasteiger partial charge in [-0.15, -0.1) is 0 Å². The molecule has 0 aromatic heterocycles. The van der Waals surface area contributed by atoms with Gasteiger partial charge in [0.1, 0.15) is 16.4 Å². The predicted molar refractivity (Wildman–Crippen MR) is 129 cm³/mol. The van der Waals surface area contributed by atoms with Crippen LogP contribution in [0.3, 0.4) is 0 Å². The first-order valence-corrected chi connectivity index (χ1v) is 11.3. The van der Waals surface area contributed by atoms with Crippen LogP contribution >= 0.6 is 23.4 Å². The Morgan fingerprint density at radius 3 is 2.34 bits per heavy atom. The molecule has 1 aliphatic rings. The van der Waals surface area contributed by atoms with E-state index in [1.165, 1.54) is 16.7 Å². The number of ether oxygens (including phenoxy) is 1. The van der Waals surface area contributed by atoms with Crippen LogP contribution in [-0.2, 0) is 9.59 Å². The van der Waals surface area contributed by atoms with Crippen LogP contribution in [0.2, 0.25) is 5.02 Å². The van der Waals surface area contributed by atoms with E-state index in [-0.39, 0.29) is 11.6 Å². The second kappa shape index (κ2) is 9.51. The fraction of sp³-hybridized carbons (Fsp3) is 0.120. The van der Waals surface area contributed by atoms with E-state index in [0.717, 1.165) is 16.2 Å². The molecular formula is C25H21ClN2O3S. The van der Waals surface area contributed by atoms with Crippen molar-refractivity contribution in [3.63, 3.8) is 0 Å². The first kappa shape index (κ1) is 22.0. The fourth-order valence-corrected chi connectivity index (χ4v) is 4.53. The van der Waals surface area contributed by atoms with E-state index in [2.05, 4.69) is 5.32 Å². The molecule has 0 atom stereocenters. The molecule has 0 bridgehead atoms. The van der Waals surface area contributed by atoms with Crippen molar-refractivity contribution in [2.45, 2.75) is 18.7 Å². The van der Waals surface area contributed by atoms with Crippen molar-refractivity contribution in [2.75, 3.05) is 16.8 Å². The number of carbonyl (C=O) groups excluding carboxylic acids is 2. The molecule has 32 heavy (non-hydrogen) atoms. The van der Waals surface area contributed by atoms with Crippen molar-refractivity contribution >= 4 is 46.6 Å². The molecule has 0 saturated heterocycles. The lowest BCUT2D eigenvalue weighted by Crippen LogP contribution is -2.32. The van der Waals surface area contributed by atoms with Gasteiger partial charge in [0.25, 0.3) is 11.8 Å². The second-order valence-electron chi connectivity index (χ2n) is 7.08. The normalized spacial score (nSPS) is 13.7. The summed E-state index contributed by atoms with van der Waals surface area (Å²) < 4.78 is 5.48. The van der Waals surface area contributed by atoms with Gasteiger partial charge < -0.3 is 10.1 Å². The number of nitrogens with zero attached hydrogens (tertiary/aromatic N) is 1. The minimum absolute atomic E-state index is 0.238. The highest BCUT2D eigenvalue weighted by Crippen LogP contribution is 2.39. The van der Waals surface area contributed by atoms with Gasteiger partial charge in [-0.25, -0.2) is 4.90 Å². The van der Waals surface area contributed by atoms with E-state index in [4.69, 9.17) is 16.3 Å². The van der Waals surface area contributed by atoms with Gasteiger partial charge in [0.05, 0.1) is 12.3 Å². The Hall–Kier alpha value is -3.22. The zero-order valence-corrected chi connectivity index (χ0v) is 19.2. The number of benzene rings is 3. The van der Waals surface area contributed by atoms with Crippen LogP contribution < -0.4 is 15.0 Å². The number of halogens is 1. The number of carbonyl (C=O) groups is 2. The van der Waals surface area contributed by atoms with E-state index >= 15 is 0 Å². The molecule has 2 amide bonds. The van der Waals surface area contributed by atoms with Gasteiger partial charge in [-0.05, 0) is 74.0 Å². The van der Waals surface area contributed by atoms with Crippen molar-refractivity contribution < 1.29 is 14.3 Å². The quantitative estimate of drug-likeness (QED) is 0.432. The Morgan fingerprint density at radius 2 is 1.69 bits per heavy atom. The molecule has 1 heterocycles. The highest BCUT2D eigenvalue weighted by atomic mass is 35.5. The Labute approximate surface area is 196 Å². The molecule has 7 heteroatoms. The van der Waals surface area contributed by atoms with Crippen molar-refractivity contribution in [3.05, 3.63) is 94.0 Å². The number of thioether (sulfide) groups is 1. The Morgan fingerprint density at radius 1 is 0.969 bits per heavy atom. The highest BCUT2D eigenvalue weighted by molar-refractivity contribution is 8.04. The molecule has 162 valence electrons. The molecule has 0 spiro atoms. The largest absolute Gasteiger partial charge is 0.494 e. The van der Waals surface area contributed by atoms with Gasteiger partial charge >= 0.3 is 0 Å². The molecule has 0 unspecified atom stereocenters. The number of imide groups is 1. The summed E-state index contributed by atoms with van der Waals surface area (Å²) in [6.07, 6.45) is 0. The molecule has 0 radical (unpaired) electrons. The number of nitrogens with one attached hydrogen (secondary N) is 1. The van der Waals surface area contributed by atoms with Crippen molar-refractivity contribution in [2.24, 2.45) is 0 Å². The summed E-state index contributed by atoms with van der Waals surface area (Å²) in [7, 11) is 0. The van der Waals surface area contributed by atoms with Gasteiger partial charge in [0, 0.05) is 15.6 Å². The average molecular weight is 465 g/mol. The SMILES string of the molecule is CCOc1ccc(NC2=C(Sc3ccccc3)C(=O)N(c3ccc(Cl)cc3C)C2=O)cc1. The van der Waals surface area contributed by atoms with Crippen LogP contribution in [0.5, 0.6) is 5.75 Å². The van der Waals surface area contributed by atoms with E-state index in [0.29, 0.717) is 27.9 Å². The number of hydrogen-bond acceptors (Lipinski definition) is 5. The minimum Gasteiger partial charge on any atom is -0.494 e. The zero-order valence-electron chi connectivity index (χ0n) is 17.6. The number of anilines is 2. The maximum atomic E-state index is 13.4. The molecular weight excluding hydrogens is 444 g/mol. The Bertz CT molecular complexity index is 1190. The van der Waals surface area contributed by atoms with Gasteiger partial charge in [-0.2, -0.15) is 0 Å². The fourth-order valence-electron chi connectivity index (χ4n) is 3.35. The first-order valence-electron chi connectivity index (χ1n) is 10.1. The Kier molecular flexibility index (Phi) is 6.53. The lowest BCUT2D eigenvalue weighted by Gasteiger charge is -2.18. The third-order valence-corrected chi connectivity index (χ3v) is 6.16. The van der Waals surface area contributed by atoms with Crippen molar-refractivity contribution in [1.29, 1.82) is 0 Å². The molecule has 1 aliphatic heterocycles. The summed E-state index contributed by atoms with van der Waals surface area (Å²) in [4.78, 5) is 29.3. The Balaban J connectivity index is 1.72. The summed E-state index contributed by atoms with van der Waals surface area (Å²) >= 11 is 7.34. The molecule has 1 N–H and O–H groups in total. The van der Waals surface area contributed by atoms with Crippen LogP contribution in [0.4, 0.5) is 11.4 Å².